The van der Waals surface area contributed by atoms with Gasteiger partial charge in [-0.1, -0.05) is 6.07 Å². The molecule has 3 nitrogen and oxygen atoms in total. The summed E-state index contributed by atoms with van der Waals surface area (Å²) in [5.74, 6) is -0.198. The fourth-order valence-electron chi connectivity index (χ4n) is 2.87. The number of anilines is 1. The van der Waals surface area contributed by atoms with Crippen LogP contribution in [-0.2, 0) is 0 Å². The molecule has 1 aliphatic rings. The number of hydrogen-bond acceptors (Lipinski definition) is 3. The summed E-state index contributed by atoms with van der Waals surface area (Å²) in [6.45, 7) is 12.4. The van der Waals surface area contributed by atoms with E-state index < -0.39 is 0 Å². The van der Waals surface area contributed by atoms with Crippen molar-refractivity contribution in [3.05, 3.63) is 29.6 Å². The number of piperazine rings is 1. The van der Waals surface area contributed by atoms with E-state index in [1.807, 2.05) is 13.0 Å². The normalized spacial score (nSPS) is 19.2. The molecule has 4 heteroatoms. The van der Waals surface area contributed by atoms with E-state index in [0.29, 0.717) is 5.56 Å². The molecule has 0 saturated carbocycles. The molecule has 0 bridgehead atoms. The number of benzene rings is 1. The van der Waals surface area contributed by atoms with Crippen molar-refractivity contribution in [2.45, 2.75) is 39.3 Å². The van der Waals surface area contributed by atoms with Crippen molar-refractivity contribution in [2.24, 2.45) is 5.73 Å². The van der Waals surface area contributed by atoms with E-state index in [4.69, 9.17) is 5.73 Å². The SMILES string of the molecule is CC(N)c1c(F)cccc1N1CCN(C(C)(C)C)CC1. The predicted octanol–water partition coefficient (Wildman–Crippen LogP) is 2.77. The standard InChI is InChI=1S/C16H26FN3/c1-12(18)15-13(17)6-5-7-14(15)19-8-10-20(11-9-19)16(2,3)4/h5-7,12H,8-11,18H2,1-4H3. The largest absolute Gasteiger partial charge is 0.369 e. The molecule has 2 N–H and O–H groups in total. The van der Waals surface area contributed by atoms with E-state index in [0.717, 1.165) is 31.9 Å². The summed E-state index contributed by atoms with van der Waals surface area (Å²) in [5.41, 5.74) is 7.72. The van der Waals surface area contributed by atoms with Crippen LogP contribution in [0, 0.1) is 5.82 Å². The van der Waals surface area contributed by atoms with Crippen molar-refractivity contribution in [1.82, 2.24) is 4.90 Å². The van der Waals surface area contributed by atoms with E-state index >= 15 is 0 Å². The number of rotatable bonds is 2. The first-order valence-electron chi connectivity index (χ1n) is 7.34. The van der Waals surface area contributed by atoms with Gasteiger partial charge in [-0.3, -0.25) is 4.90 Å². The average Bonchev–Trinajstić information content (AvgIpc) is 2.37. The van der Waals surface area contributed by atoms with Crippen molar-refractivity contribution in [3.8, 4) is 0 Å². The van der Waals surface area contributed by atoms with Crippen LogP contribution in [0.1, 0.15) is 39.3 Å². The van der Waals surface area contributed by atoms with Gasteiger partial charge in [0.1, 0.15) is 5.82 Å². The molecule has 0 spiro atoms. The smallest absolute Gasteiger partial charge is 0.130 e. The summed E-state index contributed by atoms with van der Waals surface area (Å²) in [7, 11) is 0. The van der Waals surface area contributed by atoms with Crippen LogP contribution < -0.4 is 10.6 Å². The molecule has 1 saturated heterocycles. The zero-order valence-corrected chi connectivity index (χ0v) is 13.0. The highest BCUT2D eigenvalue weighted by atomic mass is 19.1. The average molecular weight is 279 g/mol. The molecule has 1 aromatic rings. The maximum absolute atomic E-state index is 14.0. The lowest BCUT2D eigenvalue weighted by molar-refractivity contribution is 0.128. The van der Waals surface area contributed by atoms with Crippen molar-refractivity contribution in [2.75, 3.05) is 31.1 Å². The molecule has 2 rings (SSSR count). The molecule has 1 unspecified atom stereocenters. The number of nitrogens with zero attached hydrogens (tertiary/aromatic N) is 2. The zero-order chi connectivity index (χ0) is 14.9. The van der Waals surface area contributed by atoms with Crippen LogP contribution in [0.25, 0.3) is 0 Å². The lowest BCUT2D eigenvalue weighted by Crippen LogP contribution is -2.53. The molecule has 1 heterocycles. The van der Waals surface area contributed by atoms with Crippen LogP contribution in [0.15, 0.2) is 18.2 Å². The highest BCUT2D eigenvalue weighted by Gasteiger charge is 2.27. The third kappa shape index (κ3) is 3.13. The minimum Gasteiger partial charge on any atom is -0.369 e. The fraction of sp³-hybridized carbons (Fsp3) is 0.625. The Morgan fingerprint density at radius 3 is 2.25 bits per heavy atom. The molecule has 0 amide bonds. The van der Waals surface area contributed by atoms with Gasteiger partial charge in [0.15, 0.2) is 0 Å². The first kappa shape index (κ1) is 15.3. The molecule has 1 atom stereocenters. The van der Waals surface area contributed by atoms with E-state index in [1.165, 1.54) is 6.07 Å². The predicted molar refractivity (Wildman–Crippen MR) is 82.5 cm³/mol. The van der Waals surface area contributed by atoms with Gasteiger partial charge in [-0.15, -0.1) is 0 Å². The molecule has 112 valence electrons. The summed E-state index contributed by atoms with van der Waals surface area (Å²) in [6, 6.07) is 4.96. The zero-order valence-electron chi connectivity index (χ0n) is 13.0. The summed E-state index contributed by atoms with van der Waals surface area (Å²) in [4.78, 5) is 4.72. The summed E-state index contributed by atoms with van der Waals surface area (Å²) in [5, 5.41) is 0. The minimum absolute atomic E-state index is 0.192. The Balaban J connectivity index is 2.17. The van der Waals surface area contributed by atoms with Gasteiger partial charge >= 0.3 is 0 Å². The van der Waals surface area contributed by atoms with Crippen molar-refractivity contribution in [3.63, 3.8) is 0 Å². The Kier molecular flexibility index (Phi) is 4.35. The second kappa shape index (κ2) is 5.70. The van der Waals surface area contributed by atoms with E-state index in [2.05, 4.69) is 30.6 Å². The summed E-state index contributed by atoms with van der Waals surface area (Å²) < 4.78 is 14.0. The van der Waals surface area contributed by atoms with Gasteiger partial charge in [-0.25, -0.2) is 4.39 Å². The molecule has 0 aliphatic carbocycles. The highest BCUT2D eigenvalue weighted by Crippen LogP contribution is 2.29. The van der Waals surface area contributed by atoms with Gasteiger partial charge < -0.3 is 10.6 Å². The van der Waals surface area contributed by atoms with Gasteiger partial charge in [-0.2, -0.15) is 0 Å². The topological polar surface area (TPSA) is 32.5 Å². The van der Waals surface area contributed by atoms with E-state index in [1.54, 1.807) is 6.07 Å². The number of halogens is 1. The van der Waals surface area contributed by atoms with E-state index in [9.17, 15) is 4.39 Å². The Morgan fingerprint density at radius 1 is 1.15 bits per heavy atom. The molecule has 0 aromatic heterocycles. The summed E-state index contributed by atoms with van der Waals surface area (Å²) >= 11 is 0. The number of nitrogens with two attached hydrogens (primary N) is 1. The summed E-state index contributed by atoms with van der Waals surface area (Å²) in [6.07, 6.45) is 0. The fourth-order valence-corrected chi connectivity index (χ4v) is 2.87. The molecular formula is C16H26FN3. The minimum atomic E-state index is -0.285. The second-order valence-corrected chi connectivity index (χ2v) is 6.61. The molecular weight excluding hydrogens is 253 g/mol. The van der Waals surface area contributed by atoms with Gasteiger partial charge in [0.05, 0.1) is 0 Å². The Labute approximate surface area is 121 Å². The molecule has 1 aromatic carbocycles. The molecule has 1 aliphatic heterocycles. The van der Waals surface area contributed by atoms with Gasteiger partial charge in [0.2, 0.25) is 0 Å². The van der Waals surface area contributed by atoms with Crippen LogP contribution in [0.4, 0.5) is 10.1 Å². The Hall–Kier alpha value is -1.13. The van der Waals surface area contributed by atoms with Gasteiger partial charge in [0, 0.05) is 49.0 Å². The van der Waals surface area contributed by atoms with Crippen LogP contribution in [0.3, 0.4) is 0 Å². The van der Waals surface area contributed by atoms with Crippen LogP contribution in [-0.4, -0.2) is 36.6 Å². The van der Waals surface area contributed by atoms with E-state index in [-0.39, 0.29) is 17.4 Å². The third-order valence-corrected chi connectivity index (χ3v) is 4.05. The van der Waals surface area contributed by atoms with Gasteiger partial charge in [-0.05, 0) is 39.8 Å². The molecule has 1 fully saturated rings. The van der Waals surface area contributed by atoms with Crippen molar-refractivity contribution < 1.29 is 4.39 Å². The lowest BCUT2D eigenvalue weighted by Gasteiger charge is -2.43. The highest BCUT2D eigenvalue weighted by molar-refractivity contribution is 5.55. The van der Waals surface area contributed by atoms with Crippen molar-refractivity contribution in [1.29, 1.82) is 0 Å². The number of hydrogen-bond donors (Lipinski definition) is 1. The first-order chi connectivity index (χ1) is 9.30. The van der Waals surface area contributed by atoms with Gasteiger partial charge in [0.25, 0.3) is 0 Å². The Morgan fingerprint density at radius 2 is 1.75 bits per heavy atom. The van der Waals surface area contributed by atoms with Crippen molar-refractivity contribution >= 4 is 5.69 Å². The van der Waals surface area contributed by atoms with Crippen LogP contribution >= 0.6 is 0 Å². The second-order valence-electron chi connectivity index (χ2n) is 6.61. The Bertz CT molecular complexity index is 457. The molecule has 20 heavy (non-hydrogen) atoms. The van der Waals surface area contributed by atoms with Crippen LogP contribution in [0.5, 0.6) is 0 Å². The first-order valence-corrected chi connectivity index (χ1v) is 7.34. The third-order valence-electron chi connectivity index (χ3n) is 4.05. The monoisotopic (exact) mass is 279 g/mol. The maximum Gasteiger partial charge on any atom is 0.130 e. The molecule has 0 radical (unpaired) electrons. The quantitative estimate of drug-likeness (QED) is 0.903. The lowest BCUT2D eigenvalue weighted by atomic mass is 10.0. The maximum atomic E-state index is 14.0. The van der Waals surface area contributed by atoms with Crippen LogP contribution in [0.2, 0.25) is 0 Å².